The van der Waals surface area contributed by atoms with E-state index in [9.17, 15) is 15.0 Å². The number of aromatic hydroxyl groups is 1. The van der Waals surface area contributed by atoms with Gasteiger partial charge in [-0.15, -0.1) is 17.0 Å². The van der Waals surface area contributed by atoms with Crippen molar-refractivity contribution in [2.75, 3.05) is 13.2 Å². The number of phenolic OH excluding ortho intramolecular Hbond substituents is 1. The average Bonchev–Trinajstić information content (AvgIpc) is 3.02. The summed E-state index contributed by atoms with van der Waals surface area (Å²) in [6.07, 6.45) is 1.38. The third-order valence-electron chi connectivity index (χ3n) is 6.59. The molecule has 2 unspecified atom stereocenters. The number of ketones is 1. The average molecular weight is 532 g/mol. The Hall–Kier alpha value is -2.18. The summed E-state index contributed by atoms with van der Waals surface area (Å²) in [6.45, 7) is 12.1. The van der Waals surface area contributed by atoms with Crippen molar-refractivity contribution in [2.45, 2.75) is 71.3 Å². The summed E-state index contributed by atoms with van der Waals surface area (Å²) < 4.78 is 0. The molecule has 1 aliphatic rings. The van der Waals surface area contributed by atoms with Crippen LogP contribution in [0.5, 0.6) is 5.75 Å². The van der Waals surface area contributed by atoms with Gasteiger partial charge in [-0.05, 0) is 41.4 Å². The van der Waals surface area contributed by atoms with E-state index in [-0.39, 0.29) is 64.5 Å². The van der Waals surface area contributed by atoms with E-state index in [0.29, 0.717) is 17.8 Å². The largest absolute Gasteiger partial charge is 0.507 e. The molecule has 34 heavy (non-hydrogen) atoms. The van der Waals surface area contributed by atoms with Gasteiger partial charge >= 0.3 is 0 Å². The van der Waals surface area contributed by atoms with Crippen molar-refractivity contribution in [3.8, 4) is 5.75 Å². The Kier molecular flexibility index (Phi) is 8.76. The second-order valence-corrected chi connectivity index (χ2v) is 11.3. The number of hydrogen-bond acceptors (Lipinski definition) is 4. The number of phenols is 1. The highest BCUT2D eigenvalue weighted by atomic mass is 79.9. The molecule has 6 heteroatoms. The first-order valence-electron chi connectivity index (χ1n) is 11.7. The lowest BCUT2D eigenvalue weighted by molar-refractivity contribution is 0.0933. The van der Waals surface area contributed by atoms with Crippen molar-refractivity contribution in [3.63, 3.8) is 0 Å². The lowest BCUT2D eigenvalue weighted by Gasteiger charge is -2.29. The Morgan fingerprint density at radius 1 is 1.03 bits per heavy atom. The zero-order valence-electron chi connectivity index (χ0n) is 21.2. The summed E-state index contributed by atoms with van der Waals surface area (Å²) in [5.41, 5.74) is 2.54. The van der Waals surface area contributed by atoms with Gasteiger partial charge in [0.25, 0.3) is 0 Å². The van der Waals surface area contributed by atoms with Gasteiger partial charge in [-0.3, -0.25) is 10.2 Å². The van der Waals surface area contributed by atoms with Crippen LogP contribution in [0.1, 0.15) is 75.0 Å². The number of benzene rings is 2. The van der Waals surface area contributed by atoms with Gasteiger partial charge in [0.2, 0.25) is 0 Å². The molecule has 0 amide bonds. The number of likely N-dealkylation sites (tertiary alicyclic amines) is 1. The Morgan fingerprint density at radius 3 is 2.03 bits per heavy atom. The number of halogens is 1. The molecule has 3 rings (SSSR count). The molecule has 1 fully saturated rings. The van der Waals surface area contributed by atoms with E-state index in [1.807, 2.05) is 71.9 Å². The maximum absolute atomic E-state index is 13.4. The summed E-state index contributed by atoms with van der Waals surface area (Å²) in [6, 6.07) is 13.4. The lowest BCUT2D eigenvalue weighted by atomic mass is 9.78. The summed E-state index contributed by atoms with van der Waals surface area (Å²) in [5, 5.41) is 29.7. The molecule has 0 aliphatic carbocycles. The predicted octanol–water partition coefficient (Wildman–Crippen LogP) is 5.65. The van der Waals surface area contributed by atoms with E-state index in [1.54, 1.807) is 17.0 Å². The zero-order valence-corrected chi connectivity index (χ0v) is 22.9. The molecular weight excluding hydrogens is 492 g/mol. The fraction of sp³-hybridized carbons (Fsp3) is 0.500. The van der Waals surface area contributed by atoms with Crippen LogP contribution < -0.4 is 0 Å². The van der Waals surface area contributed by atoms with E-state index < -0.39 is 0 Å². The Balaban J connectivity index is 0.00000408. The maximum Gasteiger partial charge on any atom is 0.182 e. The molecule has 2 aromatic carbocycles. The van der Waals surface area contributed by atoms with E-state index in [4.69, 9.17) is 5.41 Å². The summed E-state index contributed by atoms with van der Waals surface area (Å²) in [5.74, 6) is 0.538. The highest BCUT2D eigenvalue weighted by Crippen LogP contribution is 2.40. The van der Waals surface area contributed by atoms with Crippen molar-refractivity contribution in [1.82, 2.24) is 4.90 Å². The van der Waals surface area contributed by atoms with E-state index >= 15 is 0 Å². The number of nitrogens with zero attached hydrogens (tertiary/aromatic N) is 1. The van der Waals surface area contributed by atoms with E-state index in [2.05, 4.69) is 0 Å². The van der Waals surface area contributed by atoms with Crippen LogP contribution in [0.4, 0.5) is 0 Å². The fourth-order valence-electron chi connectivity index (χ4n) is 4.65. The second kappa shape index (κ2) is 10.6. The number of aliphatic hydroxyl groups excluding tert-OH is 1. The van der Waals surface area contributed by atoms with Gasteiger partial charge in [0.15, 0.2) is 5.78 Å². The quantitative estimate of drug-likeness (QED) is 0.421. The summed E-state index contributed by atoms with van der Waals surface area (Å²) in [7, 11) is 0. The molecule has 0 aromatic heterocycles. The highest BCUT2D eigenvalue weighted by molar-refractivity contribution is 8.93. The van der Waals surface area contributed by atoms with Crippen LogP contribution >= 0.6 is 17.0 Å². The molecular formula is C28H39BrN2O3. The number of carbonyl (C=O) groups is 1. The molecule has 1 saturated heterocycles. The minimum absolute atomic E-state index is 0. The molecule has 0 bridgehead atoms. The minimum atomic E-state index is -0.324. The van der Waals surface area contributed by atoms with Crippen LogP contribution in [0.2, 0.25) is 0 Å². The highest BCUT2D eigenvalue weighted by Gasteiger charge is 2.37. The number of Topliss-reactive ketones (excluding diaryl/α,β-unsaturated/α-hetero) is 1. The summed E-state index contributed by atoms with van der Waals surface area (Å²) in [4.78, 5) is 15.2. The first-order valence-corrected chi connectivity index (χ1v) is 11.7. The number of amidine groups is 1. The normalized spacial score (nSPS) is 18.7. The first kappa shape index (κ1) is 28.1. The summed E-state index contributed by atoms with van der Waals surface area (Å²) >= 11 is 0. The smallest absolute Gasteiger partial charge is 0.182 e. The molecule has 3 N–H and O–H groups in total. The fourth-order valence-corrected chi connectivity index (χ4v) is 4.65. The molecule has 1 aliphatic heterocycles. The van der Waals surface area contributed by atoms with E-state index in [1.165, 1.54) is 0 Å². The van der Waals surface area contributed by atoms with Gasteiger partial charge in [-0.25, -0.2) is 0 Å². The van der Waals surface area contributed by atoms with Crippen LogP contribution in [0.15, 0.2) is 42.5 Å². The van der Waals surface area contributed by atoms with Gasteiger partial charge in [0.1, 0.15) is 11.6 Å². The zero-order chi connectivity index (χ0) is 24.6. The van der Waals surface area contributed by atoms with Gasteiger partial charge in [0, 0.05) is 22.6 Å². The SMILES string of the molecule is Br.CC(C)(C)c1cc(C(=O)CN2C(=N)C(Cc3ccccc3)CC2CO)cc(C(C)(C)C)c1O. The van der Waals surface area contributed by atoms with Gasteiger partial charge in [0.05, 0.1) is 19.2 Å². The molecule has 2 atom stereocenters. The monoisotopic (exact) mass is 530 g/mol. The van der Waals surface area contributed by atoms with Crippen molar-refractivity contribution in [1.29, 1.82) is 5.41 Å². The van der Waals surface area contributed by atoms with Gasteiger partial charge in [-0.1, -0.05) is 71.9 Å². The molecule has 5 nitrogen and oxygen atoms in total. The number of nitrogens with one attached hydrogen (secondary N) is 1. The minimum Gasteiger partial charge on any atom is -0.507 e. The molecule has 2 aromatic rings. The van der Waals surface area contributed by atoms with Crippen LogP contribution in [-0.4, -0.2) is 45.9 Å². The topological polar surface area (TPSA) is 84.6 Å². The van der Waals surface area contributed by atoms with Crippen LogP contribution in [0, 0.1) is 11.3 Å². The number of aliphatic hydroxyl groups is 1. The Morgan fingerprint density at radius 2 is 1.56 bits per heavy atom. The van der Waals surface area contributed by atoms with E-state index in [0.717, 1.165) is 23.1 Å². The number of rotatable bonds is 6. The molecule has 0 radical (unpaired) electrons. The standard InChI is InChI=1S/C28H38N2O3.BrH/c1-27(2,3)22-14-19(15-23(25(22)33)28(4,5)6)24(32)16-30-21(17-31)13-20(26(30)29)12-18-10-8-7-9-11-18;/h7-11,14-15,20-21,29,31,33H,12-13,16-17H2,1-6H3;1H. The third-order valence-corrected chi connectivity index (χ3v) is 6.59. The molecule has 0 spiro atoms. The number of hydrogen-bond donors (Lipinski definition) is 3. The van der Waals surface area contributed by atoms with Crippen LogP contribution in [0.3, 0.4) is 0 Å². The van der Waals surface area contributed by atoms with Gasteiger partial charge in [-0.2, -0.15) is 0 Å². The molecule has 186 valence electrons. The van der Waals surface area contributed by atoms with Crippen LogP contribution in [-0.2, 0) is 17.3 Å². The van der Waals surface area contributed by atoms with Crippen molar-refractivity contribution >= 4 is 28.6 Å². The van der Waals surface area contributed by atoms with Crippen molar-refractivity contribution in [2.24, 2.45) is 5.92 Å². The second-order valence-electron chi connectivity index (χ2n) is 11.3. The first-order chi connectivity index (χ1) is 15.3. The molecule has 1 heterocycles. The Bertz CT molecular complexity index is 987. The van der Waals surface area contributed by atoms with Crippen molar-refractivity contribution < 1.29 is 15.0 Å². The maximum atomic E-state index is 13.4. The number of carbonyl (C=O) groups excluding carboxylic acids is 1. The van der Waals surface area contributed by atoms with Crippen LogP contribution in [0.25, 0.3) is 0 Å². The van der Waals surface area contributed by atoms with Crippen molar-refractivity contribution in [3.05, 3.63) is 64.7 Å². The van der Waals surface area contributed by atoms with Gasteiger partial charge < -0.3 is 15.1 Å². The lowest BCUT2D eigenvalue weighted by Crippen LogP contribution is -2.39. The Labute approximate surface area is 214 Å². The predicted molar refractivity (Wildman–Crippen MR) is 144 cm³/mol. The third kappa shape index (κ3) is 6.08. The molecule has 0 saturated carbocycles.